The highest BCUT2D eigenvalue weighted by molar-refractivity contribution is 5.99. The first-order valence-electron chi connectivity index (χ1n) is 21.2. The fourth-order valence-electron chi connectivity index (χ4n) is 7.22. The highest BCUT2D eigenvalue weighted by Gasteiger charge is 2.39. The summed E-state index contributed by atoms with van der Waals surface area (Å²) in [4.78, 5) is 108. The van der Waals surface area contributed by atoms with Crippen LogP contribution in [-0.4, -0.2) is 159 Å². The van der Waals surface area contributed by atoms with Crippen molar-refractivity contribution in [2.75, 3.05) is 33.3 Å². The molecule has 0 spiro atoms. The number of aliphatic hydroxyl groups is 4. The summed E-state index contributed by atoms with van der Waals surface area (Å²) >= 11 is 0. The predicted molar refractivity (Wildman–Crippen MR) is 238 cm³/mol. The first-order valence-corrected chi connectivity index (χ1v) is 21.2. The second kappa shape index (κ2) is 23.7. The summed E-state index contributed by atoms with van der Waals surface area (Å²) in [7, 11) is 1.22. The number of carboxylic acid groups (broad SMARTS) is 1. The van der Waals surface area contributed by atoms with Crippen molar-refractivity contribution in [2.24, 2.45) is 0 Å². The number of likely N-dealkylation sites (N-methyl/N-ethyl adjacent to an activating group) is 1. The van der Waals surface area contributed by atoms with Crippen molar-refractivity contribution in [3.63, 3.8) is 0 Å². The Morgan fingerprint density at radius 3 is 2.31 bits per heavy atom. The van der Waals surface area contributed by atoms with Gasteiger partial charge in [0.2, 0.25) is 35.4 Å². The number of para-hydroxylation sites is 1. The normalized spacial score (nSPS) is 23.1. The Kier molecular flexibility index (Phi) is 17.9. The molecular weight excluding hydrogens is 877 g/mol. The molecule has 67 heavy (non-hydrogen) atoms. The molecule has 7 amide bonds. The molecule has 1 saturated heterocycles. The summed E-state index contributed by atoms with van der Waals surface area (Å²) in [5.41, 5.74) is 1.02. The number of carbonyl (C=O) groups excluding carboxylic acids is 7. The number of aromatic amines is 1. The molecule has 12 N–H and O–H groups in total. The van der Waals surface area contributed by atoms with E-state index in [4.69, 9.17) is 4.74 Å². The van der Waals surface area contributed by atoms with E-state index >= 15 is 0 Å². The molecule has 0 radical (unpaired) electrons. The van der Waals surface area contributed by atoms with Crippen molar-refractivity contribution in [2.45, 2.75) is 75.1 Å². The van der Waals surface area contributed by atoms with Crippen LogP contribution in [0.25, 0.3) is 17.0 Å². The second-order valence-corrected chi connectivity index (χ2v) is 15.8. The number of H-pyrrole nitrogens is 1. The molecule has 22 nitrogen and oxygen atoms in total. The van der Waals surface area contributed by atoms with Gasteiger partial charge in [0.1, 0.15) is 23.6 Å². The summed E-state index contributed by atoms with van der Waals surface area (Å²) in [5, 5.41) is 68.8. The SMILES string of the molecule is CCOc1ccc(C=CC=CCC(O)C(O)C2NC(=O)CC(O)CNC(=O)CNC(=O)C(Cc3c(C(=O)O)[nH]c4ccccc34)NC(=O)CN(C)C(=O)C=C3NC(=O)CC3NC(=O)C2O)cc1. The zero-order valence-electron chi connectivity index (χ0n) is 36.6. The van der Waals surface area contributed by atoms with Crippen LogP contribution < -0.4 is 36.6 Å². The summed E-state index contributed by atoms with van der Waals surface area (Å²) < 4.78 is 5.43. The number of amides is 7. The van der Waals surface area contributed by atoms with Crippen LogP contribution in [0.5, 0.6) is 5.75 Å². The van der Waals surface area contributed by atoms with Gasteiger partial charge in [-0.3, -0.25) is 33.6 Å². The van der Waals surface area contributed by atoms with E-state index in [9.17, 15) is 63.9 Å². The molecule has 0 aliphatic carbocycles. The maximum Gasteiger partial charge on any atom is 0.352 e. The van der Waals surface area contributed by atoms with Gasteiger partial charge in [0.15, 0.2) is 6.10 Å². The molecule has 3 aromatic rings. The maximum absolute atomic E-state index is 13.6. The number of aliphatic hydroxyl groups excluding tert-OH is 4. The van der Waals surface area contributed by atoms with Crippen LogP contribution in [0.2, 0.25) is 0 Å². The van der Waals surface area contributed by atoms with Crippen molar-refractivity contribution in [3.8, 4) is 5.75 Å². The summed E-state index contributed by atoms with van der Waals surface area (Å²) in [6, 6.07) is 9.10. The second-order valence-electron chi connectivity index (χ2n) is 15.8. The van der Waals surface area contributed by atoms with E-state index in [2.05, 4.69) is 36.9 Å². The fraction of sp³-hybridized carbons (Fsp3) is 0.378. The van der Waals surface area contributed by atoms with Crippen LogP contribution >= 0.6 is 0 Å². The number of carbonyl (C=O) groups is 8. The molecule has 1 fully saturated rings. The molecule has 5 rings (SSSR count). The fourth-order valence-corrected chi connectivity index (χ4v) is 7.22. The van der Waals surface area contributed by atoms with Crippen LogP contribution in [-0.2, 0) is 40.0 Å². The summed E-state index contributed by atoms with van der Waals surface area (Å²) in [6.45, 7) is 0.451. The molecular formula is C45H54N8O14. The lowest BCUT2D eigenvalue weighted by atomic mass is 9.96. The van der Waals surface area contributed by atoms with Gasteiger partial charge in [-0.05, 0) is 42.7 Å². The highest BCUT2D eigenvalue weighted by Crippen LogP contribution is 2.24. The number of nitrogens with zero attached hydrogens (tertiary/aromatic N) is 1. The van der Waals surface area contributed by atoms with Crippen molar-refractivity contribution in [3.05, 3.63) is 95.4 Å². The van der Waals surface area contributed by atoms with Crippen molar-refractivity contribution >= 4 is 64.3 Å². The zero-order chi connectivity index (χ0) is 48.8. The number of carboxylic acids is 1. The van der Waals surface area contributed by atoms with Gasteiger partial charge in [0.05, 0.1) is 56.8 Å². The lowest BCUT2D eigenvalue weighted by Gasteiger charge is -2.31. The van der Waals surface area contributed by atoms with Gasteiger partial charge >= 0.3 is 5.97 Å². The Bertz CT molecular complexity index is 2410. The minimum absolute atomic E-state index is 0.149. The van der Waals surface area contributed by atoms with Gasteiger partial charge < -0.3 is 72.1 Å². The molecule has 1 aromatic heterocycles. The number of fused-ring (bicyclic) bond motifs is 2. The maximum atomic E-state index is 13.6. The number of aromatic nitrogens is 1. The highest BCUT2D eigenvalue weighted by atomic mass is 16.5. The van der Waals surface area contributed by atoms with Crippen LogP contribution in [0.3, 0.4) is 0 Å². The van der Waals surface area contributed by atoms with E-state index in [0.29, 0.717) is 23.3 Å². The van der Waals surface area contributed by atoms with Crippen LogP contribution in [0.4, 0.5) is 0 Å². The molecule has 0 bridgehead atoms. The molecule has 2 aliphatic rings. The Morgan fingerprint density at radius 1 is 0.866 bits per heavy atom. The van der Waals surface area contributed by atoms with E-state index in [0.717, 1.165) is 16.5 Å². The lowest BCUT2D eigenvalue weighted by molar-refractivity contribution is -0.138. The standard InChI is InChI=1S/C45H54N8O14/c1-3-67-26-15-13-24(14-16-26)9-5-4-6-12-33(55)41(61)40-42(62)44(64)51-30-19-35(57)48-31(30)20-38(60)53(2)23-37(59)49-32(18-28-27-10-7-8-11-29(27)50-39(28)45(65)66)43(63)47-22-36(58)46-21-25(54)17-34(56)52-40/h4-11,13-16,20,25,30,32-33,40-42,50,54-55,61-62H,3,12,17-19,21-23H2,1-2H3,(H,46,58)(H,47,63)(H,48,57)(H,49,59)(H,51,64)(H,52,56)(H,65,66). The largest absolute Gasteiger partial charge is 0.494 e. The number of aromatic carboxylic acids is 1. The number of nitrogens with one attached hydrogen (secondary N) is 7. The van der Waals surface area contributed by atoms with Crippen LogP contribution in [0.1, 0.15) is 47.8 Å². The molecule has 2 aromatic carbocycles. The first kappa shape index (κ1) is 50.6. The molecule has 2 aliphatic heterocycles. The van der Waals surface area contributed by atoms with E-state index in [1.54, 1.807) is 54.6 Å². The van der Waals surface area contributed by atoms with Crippen molar-refractivity contribution in [1.29, 1.82) is 0 Å². The smallest absolute Gasteiger partial charge is 0.352 e. The predicted octanol–water partition coefficient (Wildman–Crippen LogP) is -2.14. The van der Waals surface area contributed by atoms with Crippen LogP contribution in [0, 0.1) is 0 Å². The summed E-state index contributed by atoms with van der Waals surface area (Å²) in [6.07, 6.45) is -1.95. The quantitative estimate of drug-likeness (QED) is 0.0915. The molecule has 0 saturated carbocycles. The van der Waals surface area contributed by atoms with Crippen LogP contribution in [0.15, 0.2) is 78.5 Å². The van der Waals surface area contributed by atoms with Gasteiger partial charge in [-0.15, -0.1) is 0 Å². The number of rotatable bonds is 11. The van der Waals surface area contributed by atoms with Crippen molar-refractivity contribution in [1.82, 2.24) is 41.8 Å². The third-order valence-corrected chi connectivity index (χ3v) is 10.7. The Balaban J connectivity index is 1.35. The third kappa shape index (κ3) is 14.3. The topological polar surface area (TPSA) is 338 Å². The Labute approximate surface area is 383 Å². The number of β-amino-alcohol motifs (C(OH)–C–C–N with tert-alkyl or cyclic N) is 1. The van der Waals surface area contributed by atoms with E-state index < -0.39 is 122 Å². The van der Waals surface area contributed by atoms with Gasteiger partial charge in [0.25, 0.3) is 5.91 Å². The third-order valence-electron chi connectivity index (χ3n) is 10.7. The minimum Gasteiger partial charge on any atom is -0.494 e. The molecule has 22 heteroatoms. The first-order chi connectivity index (χ1) is 31.9. The Morgan fingerprint density at radius 2 is 1.60 bits per heavy atom. The number of ether oxygens (including phenoxy) is 1. The monoisotopic (exact) mass is 930 g/mol. The number of allylic oxidation sites excluding steroid dienone is 2. The summed E-state index contributed by atoms with van der Waals surface area (Å²) in [5.74, 6) is -7.09. The average molecular weight is 931 g/mol. The molecule has 358 valence electrons. The number of hydrogen-bond donors (Lipinski definition) is 12. The Hall–Kier alpha value is -7.40. The van der Waals surface area contributed by atoms with Gasteiger partial charge in [-0.1, -0.05) is 54.6 Å². The minimum atomic E-state index is -2.29. The van der Waals surface area contributed by atoms with Gasteiger partial charge in [-0.2, -0.15) is 0 Å². The molecule has 3 heterocycles. The number of benzene rings is 2. The van der Waals surface area contributed by atoms with E-state index in [-0.39, 0.29) is 29.8 Å². The van der Waals surface area contributed by atoms with E-state index in [1.165, 1.54) is 13.1 Å². The van der Waals surface area contributed by atoms with Gasteiger partial charge in [-0.25, -0.2) is 4.79 Å². The number of hydrogen-bond acceptors (Lipinski definition) is 13. The van der Waals surface area contributed by atoms with Gasteiger partial charge in [0, 0.05) is 42.7 Å². The van der Waals surface area contributed by atoms with E-state index in [1.807, 2.05) is 19.1 Å². The average Bonchev–Trinajstić information content (AvgIpc) is 3.84. The molecule has 7 atom stereocenters. The van der Waals surface area contributed by atoms with Crippen molar-refractivity contribution < 1.29 is 68.6 Å². The lowest BCUT2D eigenvalue weighted by Crippen LogP contribution is -2.60. The molecule has 7 unspecified atom stereocenters. The zero-order valence-corrected chi connectivity index (χ0v) is 36.6.